The third-order valence-electron chi connectivity index (χ3n) is 11.2. The average Bonchev–Trinajstić information content (AvgIpc) is 3.76. The fraction of sp³-hybridized carbons (Fsp3) is 0.744. The zero-order valence-corrected chi connectivity index (χ0v) is 40.8. The van der Waals surface area contributed by atoms with Crippen LogP contribution in [-0.4, -0.2) is 168 Å². The van der Waals surface area contributed by atoms with Crippen molar-refractivity contribution >= 4 is 65.0 Å². The molecule has 10 amide bonds. The number of likely N-dealkylation sites (tertiary alicyclic amines) is 1. The first kappa shape index (κ1) is 58.9. The molecule has 24 nitrogen and oxygen atoms in total. The molecule has 13 N–H and O–H groups in total. The third-order valence-corrected chi connectivity index (χ3v) is 11.2. The number of amides is 10. The highest BCUT2D eigenvalue weighted by Gasteiger charge is 2.39. The SMILES string of the molecule is CCC[C@H](NC(=O)[C@@H](NC(=O)[C@@H](C)NC(=O)[C@@H](NC(=O)CNC(=O)CN(C)C(C)=O)C(C)C)[C@@H](C)O)C(=O)N[C@H](C(=O)N[C@@H](CCCN=C(N)N)C(=O)N1CCC[C@H]1C(=O)NCC)[C@@H](C)CC. The van der Waals surface area contributed by atoms with Crippen molar-refractivity contribution in [2.24, 2.45) is 28.3 Å². The van der Waals surface area contributed by atoms with E-state index in [0.717, 1.165) is 4.90 Å². The Balaban J connectivity index is 3.16. The molecule has 380 valence electrons. The summed E-state index contributed by atoms with van der Waals surface area (Å²) in [6.07, 6.45) is 0.855. The van der Waals surface area contributed by atoms with E-state index in [1.807, 2.05) is 6.92 Å². The number of carbonyl (C=O) groups excluding carboxylic acids is 10. The molecule has 1 heterocycles. The number of guanidine groups is 1. The Labute approximate surface area is 393 Å². The molecule has 0 aromatic heterocycles. The van der Waals surface area contributed by atoms with Crippen LogP contribution in [0.4, 0.5) is 0 Å². The molecule has 0 saturated carbocycles. The minimum Gasteiger partial charge on any atom is -0.391 e. The quantitative estimate of drug-likeness (QED) is 0.0207. The van der Waals surface area contributed by atoms with E-state index in [4.69, 9.17) is 11.5 Å². The lowest BCUT2D eigenvalue weighted by Crippen LogP contribution is -2.62. The number of nitrogens with one attached hydrogen (secondary N) is 8. The standard InChI is InChI=1S/C43H77N13O11/c1-11-16-28(37(62)53-34(24(6)12-2)40(65)51-29(17-14-19-47-43(44)45)42(67)56-20-15-18-30(56)38(63)46-13-3)50-41(66)35(26(8)57)54-36(61)25(7)49-39(64)33(23(4)5)52-31(59)21-48-32(60)22-55(10)27(9)58/h23-26,28-30,33-35,57H,11-22H2,1-10H3,(H,46,63)(H,48,60)(H,49,64)(H,50,66)(H,51,65)(H,52,59)(H,53,62)(H,54,61)(H4,44,45,47)/t24-,25+,26+,28-,29-,30-,33-,34-,35-/m0/s1. The van der Waals surface area contributed by atoms with Crippen LogP contribution in [0.15, 0.2) is 4.99 Å². The van der Waals surface area contributed by atoms with Gasteiger partial charge in [-0.3, -0.25) is 52.9 Å². The second-order valence-electron chi connectivity index (χ2n) is 17.2. The van der Waals surface area contributed by atoms with E-state index in [1.165, 1.54) is 32.7 Å². The van der Waals surface area contributed by atoms with Crippen LogP contribution in [0, 0.1) is 11.8 Å². The van der Waals surface area contributed by atoms with E-state index in [9.17, 15) is 53.1 Å². The molecule has 67 heavy (non-hydrogen) atoms. The maximum Gasteiger partial charge on any atom is 0.245 e. The predicted octanol–water partition coefficient (Wildman–Crippen LogP) is -3.43. The van der Waals surface area contributed by atoms with Crippen molar-refractivity contribution in [3.8, 4) is 0 Å². The number of nitrogens with zero attached hydrogens (tertiary/aromatic N) is 3. The number of likely N-dealkylation sites (N-methyl/N-ethyl adjacent to an activating group) is 2. The highest BCUT2D eigenvalue weighted by molar-refractivity contribution is 5.98. The van der Waals surface area contributed by atoms with Crippen LogP contribution in [0.1, 0.15) is 107 Å². The first-order valence-electron chi connectivity index (χ1n) is 23.0. The lowest BCUT2D eigenvalue weighted by atomic mass is 9.96. The number of nitrogens with two attached hydrogens (primary N) is 2. The second-order valence-corrected chi connectivity index (χ2v) is 17.2. The largest absolute Gasteiger partial charge is 0.391 e. The highest BCUT2D eigenvalue weighted by atomic mass is 16.3. The van der Waals surface area contributed by atoms with Crippen LogP contribution in [0.5, 0.6) is 0 Å². The van der Waals surface area contributed by atoms with Crippen LogP contribution in [0.25, 0.3) is 0 Å². The van der Waals surface area contributed by atoms with E-state index in [2.05, 4.69) is 47.5 Å². The molecule has 9 atom stereocenters. The van der Waals surface area contributed by atoms with E-state index in [-0.39, 0.29) is 43.7 Å². The molecular weight excluding hydrogens is 875 g/mol. The fourth-order valence-electron chi connectivity index (χ4n) is 6.97. The summed E-state index contributed by atoms with van der Waals surface area (Å²) in [6.45, 7) is 14.3. The maximum atomic E-state index is 14.1. The first-order valence-corrected chi connectivity index (χ1v) is 23.0. The maximum absolute atomic E-state index is 14.1. The molecule has 24 heteroatoms. The van der Waals surface area contributed by atoms with E-state index < -0.39 is 114 Å². The Kier molecular flexibility index (Phi) is 26.0. The van der Waals surface area contributed by atoms with Crippen molar-refractivity contribution < 1.29 is 53.1 Å². The summed E-state index contributed by atoms with van der Waals surface area (Å²) >= 11 is 0. The van der Waals surface area contributed by atoms with Gasteiger partial charge in [0, 0.05) is 33.6 Å². The molecule has 0 aromatic carbocycles. The van der Waals surface area contributed by atoms with Gasteiger partial charge in [-0.15, -0.1) is 0 Å². The van der Waals surface area contributed by atoms with Crippen molar-refractivity contribution in [2.75, 3.05) is 39.8 Å². The molecule has 0 unspecified atom stereocenters. The zero-order valence-electron chi connectivity index (χ0n) is 40.8. The molecule has 0 spiro atoms. The minimum absolute atomic E-state index is 0.0862. The number of hydrogen-bond acceptors (Lipinski definition) is 12. The van der Waals surface area contributed by atoms with Crippen molar-refractivity contribution in [2.45, 2.75) is 156 Å². The van der Waals surface area contributed by atoms with Gasteiger partial charge in [-0.1, -0.05) is 47.5 Å². The lowest BCUT2D eigenvalue weighted by Gasteiger charge is -2.31. The topological polar surface area (TPSA) is 358 Å². The van der Waals surface area contributed by atoms with Gasteiger partial charge in [0.15, 0.2) is 5.96 Å². The van der Waals surface area contributed by atoms with Crippen LogP contribution >= 0.6 is 0 Å². The van der Waals surface area contributed by atoms with Crippen LogP contribution in [0.3, 0.4) is 0 Å². The Morgan fingerprint density at radius 2 is 1.33 bits per heavy atom. The summed E-state index contributed by atoms with van der Waals surface area (Å²) in [6, 6.07) is -8.31. The third kappa shape index (κ3) is 20.1. The van der Waals surface area contributed by atoms with Gasteiger partial charge in [-0.25, -0.2) is 0 Å². The second kappa shape index (κ2) is 29.5. The van der Waals surface area contributed by atoms with Crippen molar-refractivity contribution in [1.82, 2.24) is 52.3 Å². The number of hydrogen-bond donors (Lipinski definition) is 11. The molecule has 0 aliphatic carbocycles. The molecule has 0 bridgehead atoms. The van der Waals surface area contributed by atoms with Crippen LogP contribution in [0.2, 0.25) is 0 Å². The lowest BCUT2D eigenvalue weighted by molar-refractivity contribution is -0.142. The van der Waals surface area contributed by atoms with Gasteiger partial charge in [0.25, 0.3) is 0 Å². The number of rotatable bonds is 28. The average molecular weight is 952 g/mol. The van der Waals surface area contributed by atoms with Crippen molar-refractivity contribution in [1.29, 1.82) is 0 Å². The van der Waals surface area contributed by atoms with Crippen molar-refractivity contribution in [3.63, 3.8) is 0 Å². The molecule has 1 aliphatic rings. The summed E-state index contributed by atoms with van der Waals surface area (Å²) in [4.78, 5) is 138. The Hall–Kier alpha value is -6.07. The zero-order chi connectivity index (χ0) is 51.1. The Morgan fingerprint density at radius 1 is 0.731 bits per heavy atom. The summed E-state index contributed by atoms with van der Waals surface area (Å²) in [5, 5.41) is 31.2. The first-order chi connectivity index (χ1) is 31.4. The number of aliphatic hydroxyl groups excluding tert-OH is 1. The molecular formula is C43H77N13O11. The van der Waals surface area contributed by atoms with Gasteiger partial charge < -0.3 is 68.9 Å². The Bertz CT molecular complexity index is 1760. The normalized spacial score (nSPS) is 16.8. The van der Waals surface area contributed by atoms with E-state index in [1.54, 1.807) is 34.6 Å². The summed E-state index contributed by atoms with van der Waals surface area (Å²) in [7, 11) is 1.42. The number of carbonyl (C=O) groups is 10. The summed E-state index contributed by atoms with van der Waals surface area (Å²) in [5.41, 5.74) is 11.0. The molecule has 1 fully saturated rings. The molecule has 1 rings (SSSR count). The van der Waals surface area contributed by atoms with E-state index in [0.29, 0.717) is 45.2 Å². The van der Waals surface area contributed by atoms with Gasteiger partial charge in [-0.2, -0.15) is 0 Å². The Morgan fingerprint density at radius 3 is 1.88 bits per heavy atom. The minimum atomic E-state index is -1.61. The fourth-order valence-corrected chi connectivity index (χ4v) is 6.97. The van der Waals surface area contributed by atoms with Crippen molar-refractivity contribution in [3.05, 3.63) is 0 Å². The molecule has 1 saturated heterocycles. The molecule has 1 aliphatic heterocycles. The van der Waals surface area contributed by atoms with E-state index >= 15 is 0 Å². The highest BCUT2D eigenvalue weighted by Crippen LogP contribution is 2.20. The van der Waals surface area contributed by atoms with Gasteiger partial charge >= 0.3 is 0 Å². The summed E-state index contributed by atoms with van der Waals surface area (Å²) < 4.78 is 0. The number of aliphatic hydroxyl groups is 1. The van der Waals surface area contributed by atoms with Gasteiger partial charge in [-0.05, 0) is 64.7 Å². The summed E-state index contributed by atoms with van der Waals surface area (Å²) in [5.74, 6) is -7.53. The van der Waals surface area contributed by atoms with Crippen LogP contribution < -0.4 is 54.0 Å². The van der Waals surface area contributed by atoms with Gasteiger partial charge in [0.1, 0.15) is 42.3 Å². The molecule has 0 aromatic rings. The van der Waals surface area contributed by atoms with Crippen LogP contribution in [-0.2, 0) is 47.9 Å². The van der Waals surface area contributed by atoms with Gasteiger partial charge in [0.2, 0.25) is 59.1 Å². The predicted molar refractivity (Wildman–Crippen MR) is 248 cm³/mol. The molecule has 0 radical (unpaired) electrons. The monoisotopic (exact) mass is 952 g/mol. The van der Waals surface area contributed by atoms with Gasteiger partial charge in [0.05, 0.1) is 19.2 Å². The smallest absolute Gasteiger partial charge is 0.245 e. The number of aliphatic imine (C=N–C) groups is 1.